The van der Waals surface area contributed by atoms with Crippen LogP contribution in [-0.2, 0) is 11.2 Å². The van der Waals surface area contributed by atoms with Crippen LogP contribution in [0.4, 0.5) is 4.79 Å². The Morgan fingerprint density at radius 1 is 1.19 bits per heavy atom. The Bertz CT molecular complexity index is 892. The van der Waals surface area contributed by atoms with Crippen molar-refractivity contribution in [2.75, 3.05) is 7.11 Å². The van der Waals surface area contributed by atoms with Crippen molar-refractivity contribution in [2.24, 2.45) is 0 Å². The van der Waals surface area contributed by atoms with Gasteiger partial charge in [-0.2, -0.15) is 0 Å². The minimum absolute atomic E-state index is 0.121. The molecule has 1 saturated heterocycles. The fourth-order valence-corrected chi connectivity index (χ4v) is 3.93. The Morgan fingerprint density at radius 3 is 2.46 bits per heavy atom. The highest BCUT2D eigenvalue weighted by Crippen LogP contribution is 2.34. The molecule has 0 unspecified atom stereocenters. The van der Waals surface area contributed by atoms with Gasteiger partial charge in [0.2, 0.25) is 5.91 Å². The molecule has 0 radical (unpaired) electrons. The van der Waals surface area contributed by atoms with Gasteiger partial charge in [0.15, 0.2) is 0 Å². The molecule has 1 aliphatic heterocycles. The summed E-state index contributed by atoms with van der Waals surface area (Å²) in [5.74, 6) is 0.420. The Hall–Kier alpha value is -1.96. The first-order valence-corrected chi connectivity index (χ1v) is 9.69. The van der Waals surface area contributed by atoms with Crippen molar-refractivity contribution in [1.82, 2.24) is 4.90 Å². The molecular weight excluding hydrogens is 434 g/mol. The third kappa shape index (κ3) is 4.23. The van der Waals surface area contributed by atoms with Gasteiger partial charge < -0.3 is 4.74 Å². The lowest BCUT2D eigenvalue weighted by atomic mass is 10.1. The maximum absolute atomic E-state index is 12.6. The molecule has 26 heavy (non-hydrogen) atoms. The number of thiocarbonyl (C=S) groups is 1. The van der Waals surface area contributed by atoms with Crippen molar-refractivity contribution in [1.29, 1.82) is 0 Å². The van der Waals surface area contributed by atoms with Gasteiger partial charge in [-0.05, 0) is 53.2 Å². The van der Waals surface area contributed by atoms with E-state index in [0.29, 0.717) is 4.91 Å². The average Bonchev–Trinajstić information content (AvgIpc) is 2.91. The molecule has 132 valence electrons. The molecule has 4 nitrogen and oxygen atoms in total. The van der Waals surface area contributed by atoms with E-state index in [1.807, 2.05) is 48.5 Å². The first-order valence-electron chi connectivity index (χ1n) is 7.67. The molecule has 0 aromatic heterocycles. The van der Waals surface area contributed by atoms with Gasteiger partial charge in [-0.3, -0.25) is 9.59 Å². The number of thioether (sulfide) groups is 1. The van der Waals surface area contributed by atoms with Gasteiger partial charge >= 0.3 is 0 Å². The summed E-state index contributed by atoms with van der Waals surface area (Å²) in [6.45, 7) is 0. The largest absolute Gasteiger partial charge is 0.497 e. The number of imide groups is 1. The predicted octanol–water partition coefficient (Wildman–Crippen LogP) is 5.06. The highest BCUT2D eigenvalue weighted by Gasteiger charge is 2.36. The van der Waals surface area contributed by atoms with Crippen LogP contribution in [0.25, 0.3) is 6.08 Å². The SMILES string of the molecule is COc1ccc(/C=C2/SC(=O)N(C(=O)Cc3ccc(Br)cc3)C2=S)cc1. The van der Waals surface area contributed by atoms with Crippen molar-refractivity contribution < 1.29 is 14.3 Å². The van der Waals surface area contributed by atoms with E-state index in [-0.39, 0.29) is 22.6 Å². The first kappa shape index (κ1) is 18.8. The van der Waals surface area contributed by atoms with Crippen molar-refractivity contribution in [3.63, 3.8) is 0 Å². The summed E-state index contributed by atoms with van der Waals surface area (Å²) >= 11 is 9.69. The van der Waals surface area contributed by atoms with E-state index in [9.17, 15) is 9.59 Å². The fraction of sp³-hybridized carbons (Fsp3) is 0.105. The molecule has 0 N–H and O–H groups in total. The number of ether oxygens (including phenoxy) is 1. The van der Waals surface area contributed by atoms with Gasteiger partial charge in [0.25, 0.3) is 5.24 Å². The second kappa shape index (κ2) is 8.16. The van der Waals surface area contributed by atoms with Crippen LogP contribution in [0.5, 0.6) is 5.75 Å². The van der Waals surface area contributed by atoms with E-state index >= 15 is 0 Å². The second-order valence-electron chi connectivity index (χ2n) is 5.49. The Balaban J connectivity index is 1.76. The van der Waals surface area contributed by atoms with Crippen molar-refractivity contribution in [2.45, 2.75) is 6.42 Å². The number of rotatable bonds is 4. The Morgan fingerprint density at radius 2 is 1.85 bits per heavy atom. The maximum atomic E-state index is 12.6. The first-order chi connectivity index (χ1) is 12.5. The van der Waals surface area contributed by atoms with E-state index in [0.717, 1.165) is 38.0 Å². The standard InChI is InChI=1S/C19H14BrNO3S2/c1-24-15-8-4-12(5-9-15)10-16-18(25)21(19(23)26-16)17(22)11-13-2-6-14(20)7-3-13/h2-10H,11H2,1H3/b16-10+. The van der Waals surface area contributed by atoms with E-state index in [1.54, 1.807) is 13.2 Å². The summed E-state index contributed by atoms with van der Waals surface area (Å²) in [7, 11) is 1.60. The van der Waals surface area contributed by atoms with Crippen LogP contribution in [0.3, 0.4) is 0 Å². The smallest absolute Gasteiger partial charge is 0.298 e. The summed E-state index contributed by atoms with van der Waals surface area (Å²) in [5.41, 5.74) is 1.71. The summed E-state index contributed by atoms with van der Waals surface area (Å²) in [5, 5.41) is -0.364. The normalized spacial score (nSPS) is 15.6. The molecular formula is C19H14BrNO3S2. The lowest BCUT2D eigenvalue weighted by molar-refractivity contribution is -0.124. The van der Waals surface area contributed by atoms with Gasteiger partial charge in [-0.15, -0.1) is 0 Å². The van der Waals surface area contributed by atoms with Crippen LogP contribution in [0.15, 0.2) is 57.9 Å². The summed E-state index contributed by atoms with van der Waals surface area (Å²) in [6.07, 6.45) is 1.92. The summed E-state index contributed by atoms with van der Waals surface area (Å²) in [6, 6.07) is 14.8. The lowest BCUT2D eigenvalue weighted by Crippen LogP contribution is -2.35. The molecule has 3 rings (SSSR count). The van der Waals surface area contributed by atoms with Gasteiger partial charge in [-0.1, -0.05) is 52.4 Å². The van der Waals surface area contributed by atoms with Crippen molar-refractivity contribution >= 4 is 62.1 Å². The molecule has 1 aliphatic rings. The number of hydrogen-bond donors (Lipinski definition) is 0. The minimum Gasteiger partial charge on any atom is -0.497 e. The van der Waals surface area contributed by atoms with Gasteiger partial charge in [0.1, 0.15) is 10.7 Å². The maximum Gasteiger partial charge on any atom is 0.298 e. The summed E-state index contributed by atoms with van der Waals surface area (Å²) < 4.78 is 6.06. The van der Waals surface area contributed by atoms with Crippen LogP contribution in [0.2, 0.25) is 0 Å². The van der Waals surface area contributed by atoms with Crippen molar-refractivity contribution in [3.05, 3.63) is 69.0 Å². The quantitative estimate of drug-likeness (QED) is 0.483. The van der Waals surface area contributed by atoms with E-state index in [2.05, 4.69) is 15.9 Å². The molecule has 2 aromatic rings. The fourth-order valence-electron chi connectivity index (χ4n) is 2.39. The average molecular weight is 448 g/mol. The van der Waals surface area contributed by atoms with Gasteiger partial charge in [0.05, 0.1) is 18.4 Å². The highest BCUT2D eigenvalue weighted by atomic mass is 79.9. The third-order valence-corrected chi connectivity index (χ3v) is 5.67. The molecule has 1 fully saturated rings. The van der Waals surface area contributed by atoms with Crippen LogP contribution in [-0.4, -0.2) is 28.1 Å². The van der Waals surface area contributed by atoms with Crippen LogP contribution in [0.1, 0.15) is 11.1 Å². The number of amides is 2. The zero-order valence-corrected chi connectivity index (χ0v) is 17.0. The van der Waals surface area contributed by atoms with E-state index in [4.69, 9.17) is 17.0 Å². The summed E-state index contributed by atoms with van der Waals surface area (Å²) in [4.78, 5) is 26.8. The van der Waals surface area contributed by atoms with Crippen molar-refractivity contribution in [3.8, 4) is 5.75 Å². The molecule has 0 spiro atoms. The molecule has 0 bridgehead atoms. The number of benzene rings is 2. The molecule has 7 heteroatoms. The zero-order valence-electron chi connectivity index (χ0n) is 13.8. The van der Waals surface area contributed by atoms with Crippen LogP contribution >= 0.6 is 39.9 Å². The molecule has 2 aromatic carbocycles. The number of halogens is 1. The van der Waals surface area contributed by atoms with Crippen LogP contribution in [0, 0.1) is 0 Å². The number of carbonyl (C=O) groups excluding carboxylic acids is 2. The molecule has 0 saturated carbocycles. The molecule has 0 atom stereocenters. The van der Waals surface area contributed by atoms with Gasteiger partial charge in [0, 0.05) is 4.47 Å². The second-order valence-corrected chi connectivity index (χ2v) is 7.78. The number of carbonyl (C=O) groups is 2. The lowest BCUT2D eigenvalue weighted by Gasteiger charge is -2.12. The van der Waals surface area contributed by atoms with Gasteiger partial charge in [-0.25, -0.2) is 4.90 Å². The number of hydrogen-bond acceptors (Lipinski definition) is 5. The van der Waals surface area contributed by atoms with Crippen LogP contribution < -0.4 is 4.74 Å². The minimum atomic E-state index is -0.364. The number of nitrogens with zero attached hydrogens (tertiary/aromatic N) is 1. The highest BCUT2D eigenvalue weighted by molar-refractivity contribution is 9.10. The Labute approximate surface area is 169 Å². The molecule has 1 heterocycles. The predicted molar refractivity (Wildman–Crippen MR) is 111 cm³/mol. The molecule has 2 amide bonds. The zero-order chi connectivity index (χ0) is 18.7. The monoisotopic (exact) mass is 447 g/mol. The number of methoxy groups -OCH3 is 1. The topological polar surface area (TPSA) is 46.6 Å². The Kier molecular flexibility index (Phi) is 5.90. The van der Waals surface area contributed by atoms with E-state index in [1.165, 1.54) is 0 Å². The van der Waals surface area contributed by atoms with E-state index < -0.39 is 0 Å². The third-order valence-electron chi connectivity index (χ3n) is 3.73. The molecule has 0 aliphatic carbocycles.